The van der Waals surface area contributed by atoms with Crippen LogP contribution in [0.2, 0.25) is 0 Å². The van der Waals surface area contributed by atoms with E-state index in [1.807, 2.05) is 30.3 Å². The van der Waals surface area contributed by atoms with Gasteiger partial charge in [-0.15, -0.1) is 0 Å². The van der Waals surface area contributed by atoms with Crippen LogP contribution in [0.4, 0.5) is 0 Å². The van der Waals surface area contributed by atoms with E-state index in [2.05, 4.69) is 4.98 Å². The SMILES string of the molecule is N[C@@H](Cc1cn(COCc2ccccc2)cn1)C(=O)O. The Kier molecular flexibility index (Phi) is 4.86. The van der Waals surface area contributed by atoms with Gasteiger partial charge in [0, 0.05) is 12.6 Å². The van der Waals surface area contributed by atoms with Gasteiger partial charge in [-0.1, -0.05) is 30.3 Å². The largest absolute Gasteiger partial charge is 0.480 e. The summed E-state index contributed by atoms with van der Waals surface area (Å²) in [5, 5.41) is 8.73. The van der Waals surface area contributed by atoms with E-state index in [9.17, 15) is 4.79 Å². The molecule has 1 heterocycles. The molecular weight excluding hydrogens is 258 g/mol. The number of hydrogen-bond donors (Lipinski definition) is 2. The van der Waals surface area contributed by atoms with Gasteiger partial charge in [-0.05, 0) is 5.56 Å². The number of nitrogens with two attached hydrogens (primary N) is 1. The normalized spacial score (nSPS) is 12.2. The van der Waals surface area contributed by atoms with Crippen LogP contribution in [0, 0.1) is 0 Å². The molecule has 3 N–H and O–H groups in total. The number of nitrogens with zero attached hydrogens (tertiary/aromatic N) is 2. The van der Waals surface area contributed by atoms with Crippen molar-refractivity contribution < 1.29 is 14.6 Å². The molecule has 0 saturated carbocycles. The maximum absolute atomic E-state index is 10.7. The van der Waals surface area contributed by atoms with Crippen molar-refractivity contribution in [3.8, 4) is 0 Å². The minimum absolute atomic E-state index is 0.209. The molecule has 0 aliphatic heterocycles. The maximum atomic E-state index is 10.7. The number of aromatic nitrogens is 2. The minimum Gasteiger partial charge on any atom is -0.480 e. The molecular formula is C14H17N3O3. The van der Waals surface area contributed by atoms with Gasteiger partial charge in [-0.25, -0.2) is 4.98 Å². The molecule has 0 bridgehead atoms. The number of rotatable bonds is 7. The first-order valence-electron chi connectivity index (χ1n) is 6.26. The lowest BCUT2D eigenvalue weighted by Gasteiger charge is -2.05. The number of hydrogen-bond acceptors (Lipinski definition) is 4. The molecule has 2 aromatic rings. The summed E-state index contributed by atoms with van der Waals surface area (Å²) in [4.78, 5) is 14.8. The van der Waals surface area contributed by atoms with Crippen LogP contribution in [0.3, 0.4) is 0 Å². The second kappa shape index (κ2) is 6.83. The highest BCUT2D eigenvalue weighted by Gasteiger charge is 2.13. The lowest BCUT2D eigenvalue weighted by Crippen LogP contribution is -2.32. The number of benzene rings is 1. The molecule has 106 valence electrons. The van der Waals surface area contributed by atoms with Crippen molar-refractivity contribution in [1.29, 1.82) is 0 Å². The van der Waals surface area contributed by atoms with Crippen LogP contribution >= 0.6 is 0 Å². The van der Waals surface area contributed by atoms with E-state index in [1.165, 1.54) is 0 Å². The number of carboxylic acids is 1. The molecule has 0 spiro atoms. The molecule has 2 rings (SSSR count). The Morgan fingerprint density at radius 3 is 2.85 bits per heavy atom. The van der Waals surface area contributed by atoms with Crippen LogP contribution in [0.25, 0.3) is 0 Å². The Balaban J connectivity index is 1.79. The van der Waals surface area contributed by atoms with Gasteiger partial charge >= 0.3 is 5.97 Å². The van der Waals surface area contributed by atoms with E-state index in [0.717, 1.165) is 5.56 Å². The fourth-order valence-electron chi connectivity index (χ4n) is 1.74. The lowest BCUT2D eigenvalue weighted by molar-refractivity contribution is -0.138. The van der Waals surface area contributed by atoms with Gasteiger partial charge in [0.25, 0.3) is 0 Å². The predicted octanol–water partition coefficient (Wildman–Crippen LogP) is 1.01. The van der Waals surface area contributed by atoms with Crippen LogP contribution in [0.1, 0.15) is 11.3 Å². The fourth-order valence-corrected chi connectivity index (χ4v) is 1.74. The topological polar surface area (TPSA) is 90.4 Å². The van der Waals surface area contributed by atoms with Gasteiger partial charge in [-0.3, -0.25) is 4.79 Å². The highest BCUT2D eigenvalue weighted by atomic mass is 16.5. The summed E-state index contributed by atoms with van der Waals surface area (Å²) in [5.41, 5.74) is 7.19. The number of imidazole rings is 1. The van der Waals surface area contributed by atoms with Crippen LogP contribution in [-0.2, 0) is 29.3 Å². The molecule has 1 aromatic heterocycles. The standard InChI is InChI=1S/C14H17N3O3/c15-13(14(18)19)6-12-7-17(9-16-12)10-20-8-11-4-2-1-3-5-11/h1-5,7,9,13H,6,8,10,15H2,(H,18,19)/t13-/m0/s1. The van der Waals surface area contributed by atoms with Crippen molar-refractivity contribution in [3.63, 3.8) is 0 Å². The Hall–Kier alpha value is -2.18. The molecule has 0 fully saturated rings. The van der Waals surface area contributed by atoms with Crippen molar-refractivity contribution in [2.75, 3.05) is 0 Å². The van der Waals surface area contributed by atoms with Crippen LogP contribution in [-0.4, -0.2) is 26.7 Å². The number of aliphatic carboxylic acids is 1. The first-order valence-corrected chi connectivity index (χ1v) is 6.26. The predicted molar refractivity (Wildman–Crippen MR) is 72.8 cm³/mol. The van der Waals surface area contributed by atoms with E-state index in [0.29, 0.717) is 19.0 Å². The monoisotopic (exact) mass is 275 g/mol. The Morgan fingerprint density at radius 1 is 1.40 bits per heavy atom. The zero-order valence-corrected chi connectivity index (χ0v) is 11.0. The number of carbonyl (C=O) groups is 1. The summed E-state index contributed by atoms with van der Waals surface area (Å²) in [7, 11) is 0. The van der Waals surface area contributed by atoms with E-state index in [-0.39, 0.29) is 6.42 Å². The van der Waals surface area contributed by atoms with E-state index >= 15 is 0 Å². The molecule has 1 aromatic carbocycles. The summed E-state index contributed by atoms with van der Waals surface area (Å²) >= 11 is 0. The smallest absolute Gasteiger partial charge is 0.320 e. The molecule has 0 radical (unpaired) electrons. The molecule has 0 aliphatic rings. The number of ether oxygens (including phenoxy) is 1. The number of carboxylic acid groups (broad SMARTS) is 1. The summed E-state index contributed by atoms with van der Waals surface area (Å²) in [5.74, 6) is -1.03. The van der Waals surface area contributed by atoms with Crippen molar-refractivity contribution in [2.24, 2.45) is 5.73 Å². The Morgan fingerprint density at radius 2 is 2.15 bits per heavy atom. The highest BCUT2D eigenvalue weighted by molar-refractivity contribution is 5.73. The molecule has 0 aliphatic carbocycles. The Bertz CT molecular complexity index is 554. The molecule has 0 unspecified atom stereocenters. The summed E-state index contributed by atoms with van der Waals surface area (Å²) in [6, 6.07) is 8.93. The Labute approximate surface area is 116 Å². The quantitative estimate of drug-likeness (QED) is 0.787. The van der Waals surface area contributed by atoms with Gasteiger partial charge in [0.15, 0.2) is 0 Å². The van der Waals surface area contributed by atoms with Gasteiger partial charge in [0.1, 0.15) is 12.8 Å². The second-order valence-corrected chi connectivity index (χ2v) is 4.49. The average Bonchev–Trinajstić information content (AvgIpc) is 2.87. The fraction of sp³-hybridized carbons (Fsp3) is 0.286. The third-order valence-corrected chi connectivity index (χ3v) is 2.78. The zero-order valence-electron chi connectivity index (χ0n) is 11.0. The van der Waals surface area contributed by atoms with E-state index < -0.39 is 12.0 Å². The van der Waals surface area contributed by atoms with Gasteiger partial charge in [0.05, 0.1) is 18.6 Å². The summed E-state index contributed by atoms with van der Waals surface area (Å²) in [6.07, 6.45) is 3.56. The van der Waals surface area contributed by atoms with Crippen molar-refractivity contribution >= 4 is 5.97 Å². The molecule has 1 atom stereocenters. The third-order valence-electron chi connectivity index (χ3n) is 2.78. The average molecular weight is 275 g/mol. The van der Waals surface area contributed by atoms with Crippen molar-refractivity contribution in [3.05, 3.63) is 54.1 Å². The first-order chi connectivity index (χ1) is 9.65. The van der Waals surface area contributed by atoms with Gasteiger partial charge < -0.3 is 20.1 Å². The first kappa shape index (κ1) is 14.2. The summed E-state index contributed by atoms with van der Waals surface area (Å²) in [6.45, 7) is 0.882. The molecule has 0 saturated heterocycles. The molecule has 6 nitrogen and oxygen atoms in total. The minimum atomic E-state index is -1.03. The van der Waals surface area contributed by atoms with Crippen LogP contribution < -0.4 is 5.73 Å². The van der Waals surface area contributed by atoms with Crippen molar-refractivity contribution in [2.45, 2.75) is 25.8 Å². The van der Waals surface area contributed by atoms with Gasteiger partial charge in [-0.2, -0.15) is 0 Å². The second-order valence-electron chi connectivity index (χ2n) is 4.49. The highest BCUT2D eigenvalue weighted by Crippen LogP contribution is 2.04. The third kappa shape index (κ3) is 4.18. The molecule has 0 amide bonds. The maximum Gasteiger partial charge on any atom is 0.320 e. The lowest BCUT2D eigenvalue weighted by atomic mass is 10.2. The van der Waals surface area contributed by atoms with Crippen LogP contribution in [0.5, 0.6) is 0 Å². The summed E-state index contributed by atoms with van der Waals surface area (Å²) < 4.78 is 7.30. The van der Waals surface area contributed by atoms with E-state index in [4.69, 9.17) is 15.6 Å². The molecule has 20 heavy (non-hydrogen) atoms. The van der Waals surface area contributed by atoms with Crippen molar-refractivity contribution in [1.82, 2.24) is 9.55 Å². The van der Waals surface area contributed by atoms with Crippen LogP contribution in [0.15, 0.2) is 42.9 Å². The van der Waals surface area contributed by atoms with Gasteiger partial charge in [0.2, 0.25) is 0 Å². The van der Waals surface area contributed by atoms with E-state index in [1.54, 1.807) is 17.1 Å². The zero-order chi connectivity index (χ0) is 14.4. The molecule has 6 heteroatoms.